The van der Waals surface area contributed by atoms with E-state index in [-0.39, 0.29) is 23.5 Å². The molecule has 0 aliphatic heterocycles. The average Bonchev–Trinajstić information content (AvgIpc) is 2.75. The molecule has 7 heteroatoms. The summed E-state index contributed by atoms with van der Waals surface area (Å²) in [5, 5.41) is 0. The van der Waals surface area contributed by atoms with Crippen molar-refractivity contribution in [1.29, 1.82) is 0 Å². The summed E-state index contributed by atoms with van der Waals surface area (Å²) in [6.07, 6.45) is 5.64. The summed E-state index contributed by atoms with van der Waals surface area (Å²) in [7, 11) is -3.61. The minimum atomic E-state index is -3.61. The second-order valence-corrected chi connectivity index (χ2v) is 8.97. The van der Waals surface area contributed by atoms with Crippen LogP contribution in [-0.4, -0.2) is 24.5 Å². The normalized spacial score (nSPS) is 13.8. The molecule has 0 spiro atoms. The highest BCUT2D eigenvalue weighted by atomic mass is 32.2. The monoisotopic (exact) mass is 409 g/mol. The van der Waals surface area contributed by atoms with Crippen molar-refractivity contribution in [3.8, 4) is 11.3 Å². The third-order valence-corrected chi connectivity index (χ3v) is 6.68. The van der Waals surface area contributed by atoms with Gasteiger partial charge in [0, 0.05) is 24.7 Å². The molecule has 3 aromatic rings. The fourth-order valence-electron chi connectivity index (χ4n) is 3.62. The van der Waals surface area contributed by atoms with E-state index >= 15 is 0 Å². The summed E-state index contributed by atoms with van der Waals surface area (Å²) in [5.41, 5.74) is 3.61. The van der Waals surface area contributed by atoms with Gasteiger partial charge in [0.15, 0.2) is 0 Å². The van der Waals surface area contributed by atoms with Crippen LogP contribution in [0.3, 0.4) is 0 Å². The SMILES string of the molecule is O=c1cc(-c2ccccc2)ncn1CCNS(=O)(=O)c1ccc2c(c1)CCCC2. The highest BCUT2D eigenvalue weighted by molar-refractivity contribution is 7.89. The Labute approximate surface area is 170 Å². The molecule has 0 saturated carbocycles. The lowest BCUT2D eigenvalue weighted by atomic mass is 9.92. The first-order valence-electron chi connectivity index (χ1n) is 9.76. The summed E-state index contributed by atoms with van der Waals surface area (Å²) in [4.78, 5) is 16.9. The third-order valence-electron chi connectivity index (χ3n) is 5.22. The zero-order valence-corrected chi connectivity index (χ0v) is 16.9. The van der Waals surface area contributed by atoms with Crippen molar-refractivity contribution in [3.63, 3.8) is 0 Å². The number of sulfonamides is 1. The summed E-state index contributed by atoms with van der Waals surface area (Å²) in [6, 6.07) is 16.3. The molecular weight excluding hydrogens is 386 g/mol. The first-order chi connectivity index (χ1) is 14.0. The van der Waals surface area contributed by atoms with E-state index in [9.17, 15) is 13.2 Å². The summed E-state index contributed by atoms with van der Waals surface area (Å²) in [6.45, 7) is 0.330. The van der Waals surface area contributed by atoms with Gasteiger partial charge in [-0.1, -0.05) is 36.4 Å². The maximum atomic E-state index is 12.6. The van der Waals surface area contributed by atoms with Crippen molar-refractivity contribution < 1.29 is 8.42 Å². The quantitative estimate of drug-likeness (QED) is 0.679. The van der Waals surface area contributed by atoms with Crippen LogP contribution in [0.25, 0.3) is 11.3 Å². The molecule has 1 aromatic heterocycles. The van der Waals surface area contributed by atoms with E-state index in [1.165, 1.54) is 22.5 Å². The molecule has 6 nitrogen and oxygen atoms in total. The molecule has 0 saturated heterocycles. The molecule has 29 heavy (non-hydrogen) atoms. The molecule has 1 aliphatic rings. The van der Waals surface area contributed by atoms with Crippen molar-refractivity contribution in [1.82, 2.24) is 14.3 Å². The van der Waals surface area contributed by atoms with Gasteiger partial charge >= 0.3 is 0 Å². The molecule has 1 N–H and O–H groups in total. The molecular formula is C22H23N3O3S. The van der Waals surface area contributed by atoms with E-state index in [1.807, 2.05) is 36.4 Å². The standard InChI is InChI=1S/C22H23N3O3S/c26-22-15-21(18-7-2-1-3-8-18)23-16-25(22)13-12-24-29(27,28)20-11-10-17-6-4-5-9-19(17)14-20/h1-3,7-8,10-11,14-16,24H,4-6,9,12-13H2. The van der Waals surface area contributed by atoms with E-state index in [4.69, 9.17) is 0 Å². The Kier molecular flexibility index (Phi) is 5.60. The largest absolute Gasteiger partial charge is 0.298 e. The maximum absolute atomic E-state index is 12.6. The highest BCUT2D eigenvalue weighted by Gasteiger charge is 2.17. The molecule has 0 amide bonds. The first-order valence-corrected chi connectivity index (χ1v) is 11.2. The van der Waals surface area contributed by atoms with Gasteiger partial charge in [-0.3, -0.25) is 9.36 Å². The van der Waals surface area contributed by atoms with E-state index in [2.05, 4.69) is 9.71 Å². The van der Waals surface area contributed by atoms with Gasteiger partial charge in [-0.05, 0) is 48.9 Å². The smallest absolute Gasteiger partial charge is 0.253 e. The Morgan fingerprint density at radius 3 is 2.48 bits per heavy atom. The second-order valence-electron chi connectivity index (χ2n) is 7.21. The lowest BCUT2D eigenvalue weighted by Gasteiger charge is -2.17. The van der Waals surface area contributed by atoms with Gasteiger partial charge in [0.05, 0.1) is 16.9 Å². The minimum absolute atomic E-state index is 0.117. The number of rotatable bonds is 6. The number of aromatic nitrogens is 2. The van der Waals surface area contributed by atoms with Crippen LogP contribution >= 0.6 is 0 Å². The minimum Gasteiger partial charge on any atom is -0.298 e. The van der Waals surface area contributed by atoms with Crippen LogP contribution in [0.4, 0.5) is 0 Å². The molecule has 2 aromatic carbocycles. The molecule has 4 rings (SSSR count). The summed E-state index contributed by atoms with van der Waals surface area (Å²) >= 11 is 0. The predicted octanol–water partition coefficient (Wildman–Crippen LogP) is 2.77. The lowest BCUT2D eigenvalue weighted by Crippen LogP contribution is -2.31. The molecule has 0 fully saturated rings. The number of fused-ring (bicyclic) bond motifs is 1. The Balaban J connectivity index is 1.42. The number of hydrogen-bond acceptors (Lipinski definition) is 4. The topological polar surface area (TPSA) is 81.1 Å². The van der Waals surface area contributed by atoms with E-state index in [0.29, 0.717) is 5.69 Å². The van der Waals surface area contributed by atoms with Crippen LogP contribution in [0.5, 0.6) is 0 Å². The van der Waals surface area contributed by atoms with Crippen LogP contribution in [0.15, 0.2) is 70.6 Å². The fraction of sp³-hybridized carbons (Fsp3) is 0.273. The molecule has 1 aliphatic carbocycles. The number of aryl methyl sites for hydroxylation is 2. The van der Waals surface area contributed by atoms with Crippen LogP contribution in [0, 0.1) is 0 Å². The van der Waals surface area contributed by atoms with Gasteiger partial charge in [-0.25, -0.2) is 18.1 Å². The molecule has 0 radical (unpaired) electrons. The second kappa shape index (κ2) is 8.31. The Bertz CT molecular complexity index is 1170. The predicted molar refractivity (Wildman–Crippen MR) is 112 cm³/mol. The van der Waals surface area contributed by atoms with Gasteiger partial charge in [0.1, 0.15) is 0 Å². The van der Waals surface area contributed by atoms with Crippen LogP contribution in [-0.2, 0) is 29.4 Å². The van der Waals surface area contributed by atoms with E-state index < -0.39 is 10.0 Å². The van der Waals surface area contributed by atoms with Crippen LogP contribution in [0.1, 0.15) is 24.0 Å². The third kappa shape index (κ3) is 4.46. The maximum Gasteiger partial charge on any atom is 0.253 e. The Hall–Kier alpha value is -2.77. The van der Waals surface area contributed by atoms with Crippen molar-refractivity contribution in [2.45, 2.75) is 37.1 Å². The van der Waals surface area contributed by atoms with Crippen LogP contribution < -0.4 is 10.3 Å². The average molecular weight is 410 g/mol. The molecule has 0 atom stereocenters. The van der Waals surface area contributed by atoms with Crippen LogP contribution in [0.2, 0.25) is 0 Å². The first kappa shape index (κ1) is 19.5. The zero-order chi connectivity index (χ0) is 20.3. The van der Waals surface area contributed by atoms with Crippen molar-refractivity contribution in [2.24, 2.45) is 0 Å². The lowest BCUT2D eigenvalue weighted by molar-refractivity contribution is 0.568. The number of benzene rings is 2. The molecule has 0 bridgehead atoms. The fourth-order valence-corrected chi connectivity index (χ4v) is 4.69. The van der Waals surface area contributed by atoms with Gasteiger partial charge in [0.2, 0.25) is 10.0 Å². The highest BCUT2D eigenvalue weighted by Crippen LogP contribution is 2.24. The van der Waals surface area contributed by atoms with Crippen molar-refractivity contribution in [2.75, 3.05) is 6.54 Å². The number of nitrogens with one attached hydrogen (secondary N) is 1. The zero-order valence-electron chi connectivity index (χ0n) is 16.0. The van der Waals surface area contributed by atoms with Crippen molar-refractivity contribution >= 4 is 10.0 Å². The summed E-state index contributed by atoms with van der Waals surface area (Å²) in [5.74, 6) is 0. The summed E-state index contributed by atoms with van der Waals surface area (Å²) < 4.78 is 29.2. The van der Waals surface area contributed by atoms with Crippen molar-refractivity contribution in [3.05, 3.63) is 82.4 Å². The van der Waals surface area contributed by atoms with Gasteiger partial charge in [-0.2, -0.15) is 0 Å². The van der Waals surface area contributed by atoms with Gasteiger partial charge in [0.25, 0.3) is 5.56 Å². The number of hydrogen-bond donors (Lipinski definition) is 1. The molecule has 0 unspecified atom stereocenters. The van der Waals surface area contributed by atoms with E-state index in [1.54, 1.807) is 12.1 Å². The Morgan fingerprint density at radius 2 is 1.72 bits per heavy atom. The van der Waals surface area contributed by atoms with Gasteiger partial charge in [-0.15, -0.1) is 0 Å². The number of nitrogens with zero attached hydrogens (tertiary/aromatic N) is 2. The Morgan fingerprint density at radius 1 is 0.966 bits per heavy atom. The molecule has 150 valence electrons. The van der Waals surface area contributed by atoms with Gasteiger partial charge < -0.3 is 0 Å². The molecule has 1 heterocycles. The van der Waals surface area contributed by atoms with E-state index in [0.717, 1.165) is 36.8 Å².